The Morgan fingerprint density at radius 2 is 2.11 bits per heavy atom. The Balaban J connectivity index is 1.89. The minimum absolute atomic E-state index is 0.0628. The number of nitrogens with one attached hydrogen (secondary N) is 1. The lowest BCUT2D eigenvalue weighted by atomic mass is 10.0. The van der Waals surface area contributed by atoms with E-state index in [2.05, 4.69) is 17.4 Å². The summed E-state index contributed by atoms with van der Waals surface area (Å²) in [5, 5.41) is 21.1. The van der Waals surface area contributed by atoms with Gasteiger partial charge in [-0.2, -0.15) is 0 Å². The van der Waals surface area contributed by atoms with Gasteiger partial charge in [0.15, 0.2) is 0 Å². The van der Waals surface area contributed by atoms with Gasteiger partial charge in [-0.1, -0.05) is 18.2 Å². The van der Waals surface area contributed by atoms with Crippen molar-refractivity contribution in [2.24, 2.45) is 0 Å². The van der Waals surface area contributed by atoms with Crippen molar-refractivity contribution in [3.63, 3.8) is 0 Å². The maximum atomic E-state index is 11.8. The fourth-order valence-electron chi connectivity index (χ4n) is 2.33. The van der Waals surface area contributed by atoms with Gasteiger partial charge in [-0.05, 0) is 42.9 Å². The maximum absolute atomic E-state index is 11.8. The predicted molar refractivity (Wildman–Crippen MR) is 72.9 cm³/mol. The number of benzene rings is 1. The van der Waals surface area contributed by atoms with E-state index in [0.717, 1.165) is 18.4 Å². The van der Waals surface area contributed by atoms with Crippen LogP contribution in [0.2, 0.25) is 0 Å². The second kappa shape index (κ2) is 5.72. The monoisotopic (exact) mass is 263 g/mol. The van der Waals surface area contributed by atoms with Crippen molar-refractivity contribution in [1.82, 2.24) is 5.32 Å². The summed E-state index contributed by atoms with van der Waals surface area (Å²) in [5.74, 6) is -0.133. The molecule has 1 aliphatic rings. The van der Waals surface area contributed by atoms with Crippen LogP contribution in [0.3, 0.4) is 0 Å². The normalized spacial score (nSPS) is 16.8. The van der Waals surface area contributed by atoms with Crippen LogP contribution in [-0.4, -0.2) is 34.9 Å². The average molecular weight is 263 g/mol. The van der Waals surface area contributed by atoms with Crippen molar-refractivity contribution in [3.05, 3.63) is 34.9 Å². The van der Waals surface area contributed by atoms with Crippen molar-refractivity contribution < 1.29 is 15.0 Å². The van der Waals surface area contributed by atoms with E-state index in [0.29, 0.717) is 6.42 Å². The average Bonchev–Trinajstić information content (AvgIpc) is 2.84. The zero-order valence-corrected chi connectivity index (χ0v) is 11.3. The van der Waals surface area contributed by atoms with Crippen LogP contribution in [0.4, 0.5) is 0 Å². The van der Waals surface area contributed by atoms with Gasteiger partial charge in [0.05, 0.1) is 13.0 Å². The molecule has 1 unspecified atom stereocenters. The van der Waals surface area contributed by atoms with Crippen LogP contribution in [0.5, 0.6) is 0 Å². The highest BCUT2D eigenvalue weighted by Gasteiger charge is 2.20. The summed E-state index contributed by atoms with van der Waals surface area (Å²) < 4.78 is 0. The highest BCUT2D eigenvalue weighted by Crippen LogP contribution is 2.22. The molecule has 1 atom stereocenters. The summed E-state index contributed by atoms with van der Waals surface area (Å²) >= 11 is 0. The third-order valence-corrected chi connectivity index (χ3v) is 3.53. The van der Waals surface area contributed by atoms with Gasteiger partial charge in [0.2, 0.25) is 5.91 Å². The van der Waals surface area contributed by atoms with Crippen molar-refractivity contribution in [2.45, 2.75) is 38.2 Å². The molecule has 0 saturated carbocycles. The van der Waals surface area contributed by atoms with E-state index >= 15 is 0 Å². The molecular formula is C15H21NO3. The molecule has 0 bridgehead atoms. The molecule has 0 aliphatic heterocycles. The van der Waals surface area contributed by atoms with Crippen molar-refractivity contribution in [3.8, 4) is 0 Å². The fourth-order valence-corrected chi connectivity index (χ4v) is 2.33. The summed E-state index contributed by atoms with van der Waals surface area (Å²) in [6, 6.07) is 6.20. The van der Waals surface area contributed by atoms with Crippen molar-refractivity contribution in [1.29, 1.82) is 0 Å². The lowest BCUT2D eigenvalue weighted by Crippen LogP contribution is -2.43. The molecule has 2 rings (SSSR count). The SMILES string of the molecule is CC(O)(CO)CNC(=O)Cc1ccc2c(c1)CCC2. The van der Waals surface area contributed by atoms with Crippen LogP contribution in [0, 0.1) is 0 Å². The molecule has 3 N–H and O–H groups in total. The minimum atomic E-state index is -1.26. The first-order valence-electron chi connectivity index (χ1n) is 6.71. The number of carbonyl (C=O) groups excluding carboxylic acids is 1. The number of rotatable bonds is 5. The molecule has 0 fully saturated rings. The summed E-state index contributed by atoms with van der Waals surface area (Å²) in [6.45, 7) is 1.18. The van der Waals surface area contributed by atoms with Crippen LogP contribution in [0.15, 0.2) is 18.2 Å². The van der Waals surface area contributed by atoms with Crippen LogP contribution in [-0.2, 0) is 24.1 Å². The highest BCUT2D eigenvalue weighted by molar-refractivity contribution is 5.78. The number of hydrogen-bond acceptors (Lipinski definition) is 3. The molecule has 104 valence electrons. The van der Waals surface area contributed by atoms with E-state index in [9.17, 15) is 9.90 Å². The van der Waals surface area contributed by atoms with Gasteiger partial charge in [-0.15, -0.1) is 0 Å². The van der Waals surface area contributed by atoms with Gasteiger partial charge in [0.1, 0.15) is 5.60 Å². The number of fused-ring (bicyclic) bond motifs is 1. The number of aryl methyl sites for hydroxylation is 2. The summed E-state index contributed by atoms with van der Waals surface area (Å²) in [7, 11) is 0. The topological polar surface area (TPSA) is 69.6 Å². The molecular weight excluding hydrogens is 242 g/mol. The second-order valence-corrected chi connectivity index (χ2v) is 5.57. The molecule has 0 heterocycles. The predicted octanol–water partition coefficient (Wildman–Crippen LogP) is 0.577. The molecule has 4 nitrogen and oxygen atoms in total. The Labute approximate surface area is 113 Å². The Bertz CT molecular complexity index is 468. The van der Waals surface area contributed by atoms with Crippen molar-refractivity contribution >= 4 is 5.91 Å². The van der Waals surface area contributed by atoms with Gasteiger partial charge in [-0.3, -0.25) is 4.79 Å². The van der Waals surface area contributed by atoms with Crippen LogP contribution >= 0.6 is 0 Å². The Morgan fingerprint density at radius 1 is 1.37 bits per heavy atom. The first kappa shape index (κ1) is 14.0. The molecule has 19 heavy (non-hydrogen) atoms. The lowest BCUT2D eigenvalue weighted by molar-refractivity contribution is -0.121. The molecule has 0 radical (unpaired) electrons. The molecule has 4 heteroatoms. The summed E-state index contributed by atoms with van der Waals surface area (Å²) in [6.07, 6.45) is 3.75. The van der Waals surface area contributed by atoms with Gasteiger partial charge in [-0.25, -0.2) is 0 Å². The van der Waals surface area contributed by atoms with E-state index in [1.54, 1.807) is 0 Å². The standard InChI is InChI=1S/C15H21NO3/c1-15(19,10-17)9-16-14(18)8-11-5-6-12-3-2-4-13(12)7-11/h5-7,17,19H,2-4,8-10H2,1H3,(H,16,18). The number of hydrogen-bond donors (Lipinski definition) is 3. The van der Waals surface area contributed by atoms with E-state index in [-0.39, 0.29) is 19.1 Å². The second-order valence-electron chi connectivity index (χ2n) is 5.57. The molecule has 0 spiro atoms. The minimum Gasteiger partial charge on any atom is -0.393 e. The number of amides is 1. The molecule has 1 amide bonds. The smallest absolute Gasteiger partial charge is 0.224 e. The number of carbonyl (C=O) groups is 1. The van der Waals surface area contributed by atoms with Crippen molar-refractivity contribution in [2.75, 3.05) is 13.2 Å². The maximum Gasteiger partial charge on any atom is 0.224 e. The Kier molecular flexibility index (Phi) is 4.22. The molecule has 1 aromatic rings. The zero-order chi connectivity index (χ0) is 13.9. The third-order valence-electron chi connectivity index (χ3n) is 3.53. The number of aliphatic hydroxyl groups is 2. The number of aliphatic hydroxyl groups excluding tert-OH is 1. The summed E-state index contributed by atoms with van der Waals surface area (Å²) in [5.41, 5.74) is 2.50. The zero-order valence-electron chi connectivity index (χ0n) is 11.3. The van der Waals surface area contributed by atoms with Gasteiger partial charge in [0.25, 0.3) is 0 Å². The molecule has 1 aliphatic carbocycles. The molecule has 1 aromatic carbocycles. The first-order chi connectivity index (χ1) is 9.00. The van der Waals surface area contributed by atoms with Crippen LogP contribution in [0.1, 0.15) is 30.0 Å². The lowest BCUT2D eigenvalue weighted by Gasteiger charge is -2.20. The van der Waals surface area contributed by atoms with Gasteiger partial charge in [0, 0.05) is 6.54 Å². The quantitative estimate of drug-likeness (QED) is 0.727. The van der Waals surface area contributed by atoms with E-state index < -0.39 is 5.60 Å². The van der Waals surface area contributed by atoms with E-state index in [1.165, 1.54) is 24.5 Å². The van der Waals surface area contributed by atoms with Crippen LogP contribution in [0.25, 0.3) is 0 Å². The first-order valence-corrected chi connectivity index (χ1v) is 6.71. The molecule has 0 aromatic heterocycles. The fraction of sp³-hybridized carbons (Fsp3) is 0.533. The van der Waals surface area contributed by atoms with Gasteiger partial charge < -0.3 is 15.5 Å². The highest BCUT2D eigenvalue weighted by atomic mass is 16.3. The van der Waals surface area contributed by atoms with E-state index in [1.807, 2.05) is 6.07 Å². The third kappa shape index (κ3) is 3.78. The van der Waals surface area contributed by atoms with Gasteiger partial charge >= 0.3 is 0 Å². The largest absolute Gasteiger partial charge is 0.393 e. The molecule has 0 saturated heterocycles. The summed E-state index contributed by atoms with van der Waals surface area (Å²) in [4.78, 5) is 11.8. The van der Waals surface area contributed by atoms with E-state index in [4.69, 9.17) is 5.11 Å². The Hall–Kier alpha value is -1.39. The Morgan fingerprint density at radius 3 is 2.84 bits per heavy atom. The van der Waals surface area contributed by atoms with Crippen LogP contribution < -0.4 is 5.32 Å².